The van der Waals surface area contributed by atoms with Crippen molar-refractivity contribution < 1.29 is 4.79 Å². The van der Waals surface area contributed by atoms with Crippen LogP contribution >= 0.6 is 11.8 Å². The molecule has 0 aliphatic carbocycles. The molecule has 2 aliphatic heterocycles. The number of nitrogens with one attached hydrogen (secondary N) is 1. The number of likely N-dealkylation sites (tertiary alicyclic amines) is 1. The van der Waals surface area contributed by atoms with E-state index in [1.165, 1.54) is 22.7 Å². The fourth-order valence-electron chi connectivity index (χ4n) is 5.47. The molecular formula is C28H36N6OS. The van der Waals surface area contributed by atoms with Crippen molar-refractivity contribution in [2.75, 3.05) is 13.1 Å². The molecule has 0 radical (unpaired) electrons. The Bertz CT molecular complexity index is 1300. The topological polar surface area (TPSA) is 90.6 Å². The van der Waals surface area contributed by atoms with Gasteiger partial charge in [0.05, 0.1) is 11.7 Å². The number of hydrogen-bond acceptors (Lipinski definition) is 6. The number of nitrogens with zero attached hydrogens (tertiary/aromatic N) is 4. The first kappa shape index (κ1) is 24.8. The molecule has 2 aromatic heterocycles. The molecule has 1 aromatic carbocycles. The van der Waals surface area contributed by atoms with Crippen LogP contribution in [0.3, 0.4) is 0 Å². The van der Waals surface area contributed by atoms with Crippen LogP contribution in [-0.4, -0.2) is 61.4 Å². The Labute approximate surface area is 217 Å². The van der Waals surface area contributed by atoms with Crippen LogP contribution in [0.4, 0.5) is 0 Å². The van der Waals surface area contributed by atoms with E-state index in [2.05, 4.69) is 72.9 Å². The largest absolute Gasteiger partial charge is 0.367 e. The summed E-state index contributed by atoms with van der Waals surface area (Å²) < 4.78 is 0. The second-order valence-corrected chi connectivity index (χ2v) is 11.6. The highest BCUT2D eigenvalue weighted by Crippen LogP contribution is 2.39. The van der Waals surface area contributed by atoms with Crippen molar-refractivity contribution in [2.24, 2.45) is 10.8 Å². The number of carbonyl (C=O) groups is 1. The third-order valence-electron chi connectivity index (χ3n) is 7.37. The Morgan fingerprint density at radius 1 is 1.11 bits per heavy atom. The molecule has 4 heterocycles. The van der Waals surface area contributed by atoms with Crippen molar-refractivity contribution in [1.29, 1.82) is 0 Å². The predicted octanol–water partition coefficient (Wildman–Crippen LogP) is 5.06. The van der Waals surface area contributed by atoms with Gasteiger partial charge in [-0.3, -0.25) is 14.8 Å². The number of hydrogen-bond donors (Lipinski definition) is 2. The van der Waals surface area contributed by atoms with Crippen molar-refractivity contribution >= 4 is 33.6 Å². The van der Waals surface area contributed by atoms with Crippen molar-refractivity contribution in [2.45, 2.75) is 70.8 Å². The van der Waals surface area contributed by atoms with Gasteiger partial charge in [-0.25, -0.2) is 0 Å². The van der Waals surface area contributed by atoms with Gasteiger partial charge in [0.15, 0.2) is 5.37 Å². The van der Waals surface area contributed by atoms with Gasteiger partial charge >= 0.3 is 0 Å². The maximum Gasteiger partial charge on any atom is 0.252 e. The summed E-state index contributed by atoms with van der Waals surface area (Å²) in [6.45, 7) is 13.0. The van der Waals surface area contributed by atoms with E-state index in [4.69, 9.17) is 10.8 Å². The summed E-state index contributed by atoms with van der Waals surface area (Å²) in [5.74, 6) is 0.00243. The molecule has 1 saturated heterocycles. The van der Waals surface area contributed by atoms with E-state index in [9.17, 15) is 4.79 Å². The predicted molar refractivity (Wildman–Crippen MR) is 149 cm³/mol. The lowest BCUT2D eigenvalue weighted by Gasteiger charge is -2.38. The Morgan fingerprint density at radius 3 is 2.50 bits per heavy atom. The first-order chi connectivity index (χ1) is 17.2. The van der Waals surface area contributed by atoms with Gasteiger partial charge in [-0.05, 0) is 69.4 Å². The Morgan fingerprint density at radius 2 is 1.86 bits per heavy atom. The van der Waals surface area contributed by atoms with E-state index in [-0.39, 0.29) is 11.9 Å². The number of nitrogens with two attached hydrogens (primary N) is 1. The number of aromatic nitrogens is 2. The number of primary amides is 1. The van der Waals surface area contributed by atoms with E-state index in [1.807, 2.05) is 18.1 Å². The van der Waals surface area contributed by atoms with Gasteiger partial charge in [0.25, 0.3) is 5.91 Å². The molecular weight excluding hydrogens is 468 g/mol. The summed E-state index contributed by atoms with van der Waals surface area (Å²) in [5, 5.41) is 8.56. The average molecular weight is 505 g/mol. The highest BCUT2D eigenvalue weighted by atomic mass is 32.2. The number of piperidine rings is 1. The summed E-state index contributed by atoms with van der Waals surface area (Å²) in [4.78, 5) is 22.9. The number of rotatable bonds is 6. The molecule has 8 heteroatoms. The van der Waals surface area contributed by atoms with Crippen LogP contribution < -0.4 is 5.73 Å². The van der Waals surface area contributed by atoms with Gasteiger partial charge in [-0.1, -0.05) is 31.7 Å². The maximum atomic E-state index is 12.4. The number of benzene rings is 1. The highest BCUT2D eigenvalue weighted by Gasteiger charge is 2.38. The third kappa shape index (κ3) is 4.64. The van der Waals surface area contributed by atoms with Crippen LogP contribution in [0.2, 0.25) is 0 Å². The molecule has 0 spiro atoms. The second-order valence-electron chi connectivity index (χ2n) is 10.5. The number of carbonyl (C=O) groups excluding carboxylic acids is 1. The molecule has 2 aliphatic rings. The molecule has 3 N–H and O–H groups in total. The Balaban J connectivity index is 1.50. The van der Waals surface area contributed by atoms with E-state index in [0.717, 1.165) is 59.0 Å². The van der Waals surface area contributed by atoms with Gasteiger partial charge in [-0.2, -0.15) is 5.10 Å². The highest BCUT2D eigenvalue weighted by molar-refractivity contribution is 8.15. The molecule has 3 aromatic rings. The summed E-state index contributed by atoms with van der Waals surface area (Å²) >= 11 is 1.48. The lowest BCUT2D eigenvalue weighted by Crippen LogP contribution is -2.49. The van der Waals surface area contributed by atoms with Crippen molar-refractivity contribution in [3.05, 3.63) is 53.3 Å². The zero-order chi connectivity index (χ0) is 25.6. The van der Waals surface area contributed by atoms with Crippen molar-refractivity contribution in [3.8, 4) is 11.3 Å². The smallest absolute Gasteiger partial charge is 0.252 e. The maximum absolute atomic E-state index is 12.4. The Hall–Kier alpha value is -2.84. The van der Waals surface area contributed by atoms with E-state index in [0.29, 0.717) is 12.0 Å². The molecule has 0 bridgehead atoms. The molecule has 5 rings (SSSR count). The summed E-state index contributed by atoms with van der Waals surface area (Å²) in [5.41, 5.74) is 12.5. The minimum absolute atomic E-state index is 0.228. The summed E-state index contributed by atoms with van der Waals surface area (Å²) in [7, 11) is 0. The molecule has 1 atom stereocenters. The molecule has 190 valence electrons. The molecule has 1 fully saturated rings. The van der Waals surface area contributed by atoms with E-state index in [1.54, 1.807) is 0 Å². The fourth-order valence-corrected chi connectivity index (χ4v) is 6.53. The summed E-state index contributed by atoms with van der Waals surface area (Å²) in [6.07, 6.45) is 3.84. The van der Waals surface area contributed by atoms with E-state index < -0.39 is 5.37 Å². The number of pyridine rings is 1. The van der Waals surface area contributed by atoms with Gasteiger partial charge < -0.3 is 15.6 Å². The molecule has 1 amide bonds. The van der Waals surface area contributed by atoms with E-state index >= 15 is 0 Å². The van der Waals surface area contributed by atoms with Crippen LogP contribution in [0.15, 0.2) is 41.6 Å². The lowest BCUT2D eigenvalue weighted by molar-refractivity contribution is -0.121. The van der Waals surface area contributed by atoms with Crippen LogP contribution in [-0.2, 0) is 4.79 Å². The number of aryl methyl sites for hydroxylation is 1. The second kappa shape index (κ2) is 9.90. The zero-order valence-electron chi connectivity index (χ0n) is 21.8. The number of aromatic amines is 1. The first-order valence-corrected chi connectivity index (χ1v) is 13.8. The molecule has 36 heavy (non-hydrogen) atoms. The summed E-state index contributed by atoms with van der Waals surface area (Å²) in [6, 6.07) is 11.4. The first-order valence-electron chi connectivity index (χ1n) is 12.9. The van der Waals surface area contributed by atoms with Crippen molar-refractivity contribution in [3.63, 3.8) is 0 Å². The zero-order valence-corrected chi connectivity index (χ0v) is 22.6. The normalized spacial score (nSPS) is 19.6. The number of fused-ring (bicyclic) bond motifs is 1. The van der Waals surface area contributed by atoms with Gasteiger partial charge in [0.2, 0.25) is 0 Å². The van der Waals surface area contributed by atoms with Crippen LogP contribution in [0.5, 0.6) is 0 Å². The van der Waals surface area contributed by atoms with Crippen molar-refractivity contribution in [1.82, 2.24) is 19.9 Å². The Kier molecular flexibility index (Phi) is 6.83. The molecule has 7 nitrogen and oxygen atoms in total. The quantitative estimate of drug-likeness (QED) is 0.490. The molecule has 0 saturated carbocycles. The standard InChI is InChI=1S/C28H36N6OS/c1-16(2)24-22-15-20(6-7-23(22)31-25(24)19-8-11-30-18(5)14-19)27-32-34(28(36-27)26(29)35)21-9-12-33(13-10-21)17(3)4/h6-8,11,14-17,21,28,31H,9-10,12-13H2,1-5H3,(H2,29,35). The SMILES string of the molecule is Cc1cc(-c2[nH]c3ccc(C4=NN(C5CCN(C(C)C)CC5)C(C(N)=O)S4)cc3c2C(C)C)ccn1. The monoisotopic (exact) mass is 504 g/mol. The van der Waals surface area contributed by atoms with Gasteiger partial charge in [0.1, 0.15) is 5.04 Å². The number of thioether (sulfide) groups is 1. The average Bonchev–Trinajstić information content (AvgIpc) is 3.46. The molecule has 1 unspecified atom stereocenters. The van der Waals surface area contributed by atoms with Gasteiger partial charge in [0, 0.05) is 53.1 Å². The number of amides is 1. The fraction of sp³-hybridized carbons (Fsp3) is 0.464. The number of H-pyrrole nitrogens is 1. The van der Waals surface area contributed by atoms with Crippen LogP contribution in [0.25, 0.3) is 22.2 Å². The van der Waals surface area contributed by atoms with Crippen LogP contribution in [0.1, 0.15) is 63.3 Å². The van der Waals surface area contributed by atoms with Gasteiger partial charge in [-0.15, -0.1) is 0 Å². The minimum atomic E-state index is -0.461. The lowest BCUT2D eigenvalue weighted by atomic mass is 9.95. The van der Waals surface area contributed by atoms with Crippen LogP contribution in [0, 0.1) is 6.92 Å². The third-order valence-corrected chi connectivity index (χ3v) is 8.58. The minimum Gasteiger partial charge on any atom is -0.367 e. The number of hydrazone groups is 1.